The van der Waals surface area contributed by atoms with Gasteiger partial charge in [-0.25, -0.2) is 0 Å². The molecule has 16 heavy (non-hydrogen) atoms. The number of ether oxygens (including phenoxy) is 1. The van der Waals surface area contributed by atoms with E-state index < -0.39 is 0 Å². The zero-order valence-corrected chi connectivity index (χ0v) is 11.0. The average Bonchev–Trinajstić information content (AvgIpc) is 2.21. The average molecular weight is 284 g/mol. The lowest BCUT2D eigenvalue weighted by molar-refractivity contribution is -0.146. The van der Waals surface area contributed by atoms with Crippen molar-refractivity contribution < 1.29 is 9.53 Å². The number of nitrogens with zero attached hydrogens (tertiary/aromatic N) is 1. The number of halogens is 1. The fourth-order valence-corrected chi connectivity index (χ4v) is 2.29. The number of hydrogen-bond donors (Lipinski definition) is 0. The SMILES string of the molecule is COC(=O)C1CN(c2cccc(Br)c2C)C1. The number of rotatable bonds is 2. The highest BCUT2D eigenvalue weighted by atomic mass is 79.9. The van der Waals surface area contributed by atoms with Crippen LogP contribution in [0.25, 0.3) is 0 Å². The van der Waals surface area contributed by atoms with Crippen molar-refractivity contribution in [1.82, 2.24) is 0 Å². The number of esters is 1. The van der Waals surface area contributed by atoms with Crippen molar-refractivity contribution in [2.45, 2.75) is 6.92 Å². The monoisotopic (exact) mass is 283 g/mol. The Kier molecular flexibility index (Phi) is 3.19. The van der Waals surface area contributed by atoms with Crippen LogP contribution in [0.5, 0.6) is 0 Å². The van der Waals surface area contributed by atoms with Crippen LogP contribution in [0, 0.1) is 12.8 Å². The van der Waals surface area contributed by atoms with E-state index in [1.165, 1.54) is 18.4 Å². The highest BCUT2D eigenvalue weighted by molar-refractivity contribution is 9.10. The molecule has 86 valence electrons. The summed E-state index contributed by atoms with van der Waals surface area (Å²) in [5, 5.41) is 0. The van der Waals surface area contributed by atoms with E-state index in [1.807, 2.05) is 12.1 Å². The molecule has 0 bridgehead atoms. The first-order chi connectivity index (χ1) is 7.63. The minimum atomic E-state index is -0.108. The van der Waals surface area contributed by atoms with E-state index in [2.05, 4.69) is 33.8 Å². The first-order valence-electron chi connectivity index (χ1n) is 5.21. The Morgan fingerprint density at radius 3 is 2.81 bits per heavy atom. The molecule has 3 nitrogen and oxygen atoms in total. The molecule has 0 aliphatic carbocycles. The minimum absolute atomic E-state index is 0.0309. The van der Waals surface area contributed by atoms with E-state index >= 15 is 0 Å². The van der Waals surface area contributed by atoms with Gasteiger partial charge in [0, 0.05) is 23.2 Å². The van der Waals surface area contributed by atoms with Crippen molar-refractivity contribution >= 4 is 27.6 Å². The molecule has 1 heterocycles. The van der Waals surface area contributed by atoms with E-state index in [0.717, 1.165) is 17.6 Å². The molecule has 0 spiro atoms. The molecule has 1 saturated heterocycles. The summed E-state index contributed by atoms with van der Waals surface area (Å²) in [7, 11) is 1.44. The lowest BCUT2D eigenvalue weighted by Crippen LogP contribution is -2.51. The lowest BCUT2D eigenvalue weighted by atomic mass is 9.98. The van der Waals surface area contributed by atoms with Crippen molar-refractivity contribution in [3.05, 3.63) is 28.2 Å². The van der Waals surface area contributed by atoms with Crippen LogP contribution in [0.4, 0.5) is 5.69 Å². The van der Waals surface area contributed by atoms with E-state index in [9.17, 15) is 4.79 Å². The van der Waals surface area contributed by atoms with Gasteiger partial charge in [0.25, 0.3) is 0 Å². The van der Waals surface area contributed by atoms with Crippen LogP contribution in [0.2, 0.25) is 0 Å². The van der Waals surface area contributed by atoms with E-state index in [1.54, 1.807) is 0 Å². The fraction of sp³-hybridized carbons (Fsp3) is 0.417. The Bertz CT molecular complexity index is 413. The number of carbonyl (C=O) groups excluding carboxylic acids is 1. The van der Waals surface area contributed by atoms with Gasteiger partial charge in [-0.15, -0.1) is 0 Å². The lowest BCUT2D eigenvalue weighted by Gasteiger charge is -2.40. The maximum atomic E-state index is 11.3. The third kappa shape index (κ3) is 1.94. The molecular weight excluding hydrogens is 270 g/mol. The van der Waals surface area contributed by atoms with Gasteiger partial charge in [-0.05, 0) is 24.6 Å². The van der Waals surface area contributed by atoms with Crippen LogP contribution in [-0.2, 0) is 9.53 Å². The van der Waals surface area contributed by atoms with Crippen LogP contribution in [0.3, 0.4) is 0 Å². The van der Waals surface area contributed by atoms with Crippen LogP contribution >= 0.6 is 15.9 Å². The number of benzene rings is 1. The second kappa shape index (κ2) is 4.45. The minimum Gasteiger partial charge on any atom is -0.469 e. The number of methoxy groups -OCH3 is 1. The second-order valence-corrected chi connectivity index (χ2v) is 4.86. The van der Waals surface area contributed by atoms with Crippen LogP contribution < -0.4 is 4.90 Å². The van der Waals surface area contributed by atoms with Gasteiger partial charge >= 0.3 is 5.97 Å². The van der Waals surface area contributed by atoms with Crippen molar-refractivity contribution in [3.63, 3.8) is 0 Å². The summed E-state index contributed by atoms with van der Waals surface area (Å²) < 4.78 is 5.82. The first-order valence-corrected chi connectivity index (χ1v) is 6.00. The third-order valence-electron chi connectivity index (χ3n) is 3.00. The Morgan fingerprint density at radius 1 is 1.50 bits per heavy atom. The largest absolute Gasteiger partial charge is 0.469 e. The van der Waals surface area contributed by atoms with Crippen LogP contribution in [0.15, 0.2) is 22.7 Å². The van der Waals surface area contributed by atoms with Gasteiger partial charge in [-0.2, -0.15) is 0 Å². The summed E-state index contributed by atoms with van der Waals surface area (Å²) in [6, 6.07) is 6.11. The molecule has 0 amide bonds. The van der Waals surface area contributed by atoms with Gasteiger partial charge in [0.15, 0.2) is 0 Å². The predicted molar refractivity (Wildman–Crippen MR) is 66.6 cm³/mol. The van der Waals surface area contributed by atoms with Gasteiger partial charge in [-0.1, -0.05) is 22.0 Å². The standard InChI is InChI=1S/C12H14BrNO2/c1-8-10(13)4-3-5-11(8)14-6-9(7-14)12(15)16-2/h3-5,9H,6-7H2,1-2H3. The smallest absolute Gasteiger partial charge is 0.312 e. The molecule has 0 saturated carbocycles. The van der Waals surface area contributed by atoms with E-state index in [4.69, 9.17) is 4.74 Å². The Morgan fingerprint density at radius 2 is 2.19 bits per heavy atom. The second-order valence-electron chi connectivity index (χ2n) is 4.01. The molecule has 1 aliphatic heterocycles. The summed E-state index contributed by atoms with van der Waals surface area (Å²) in [5.41, 5.74) is 2.40. The van der Waals surface area contributed by atoms with Crippen molar-refractivity contribution in [3.8, 4) is 0 Å². The third-order valence-corrected chi connectivity index (χ3v) is 3.85. The Labute approximate surface area is 104 Å². The molecule has 0 aromatic heterocycles. The quantitative estimate of drug-likeness (QED) is 0.781. The molecule has 0 unspecified atom stereocenters. The Hall–Kier alpha value is -1.03. The molecule has 1 aromatic carbocycles. The van der Waals surface area contributed by atoms with Gasteiger partial charge in [-0.3, -0.25) is 4.79 Å². The zero-order valence-electron chi connectivity index (χ0n) is 9.37. The summed E-state index contributed by atoms with van der Waals surface area (Å²) >= 11 is 3.51. The molecule has 0 atom stereocenters. The number of carbonyl (C=O) groups is 1. The molecule has 2 rings (SSSR count). The predicted octanol–water partition coefficient (Wildman–Crippen LogP) is 2.37. The summed E-state index contributed by atoms with van der Waals surface area (Å²) in [4.78, 5) is 13.5. The molecule has 1 fully saturated rings. The van der Waals surface area contributed by atoms with Crippen LogP contribution in [0.1, 0.15) is 5.56 Å². The van der Waals surface area contributed by atoms with Crippen LogP contribution in [-0.4, -0.2) is 26.2 Å². The molecule has 0 radical (unpaired) electrons. The van der Waals surface area contributed by atoms with Crippen molar-refractivity contribution in [1.29, 1.82) is 0 Å². The fourth-order valence-electron chi connectivity index (χ4n) is 1.93. The van der Waals surface area contributed by atoms with Gasteiger partial charge in [0.05, 0.1) is 13.0 Å². The highest BCUT2D eigenvalue weighted by Crippen LogP contribution is 2.31. The van der Waals surface area contributed by atoms with Gasteiger partial charge < -0.3 is 9.64 Å². The maximum absolute atomic E-state index is 11.3. The van der Waals surface area contributed by atoms with Gasteiger partial charge in [0.2, 0.25) is 0 Å². The topological polar surface area (TPSA) is 29.5 Å². The van der Waals surface area contributed by atoms with Gasteiger partial charge in [0.1, 0.15) is 0 Å². The first kappa shape index (κ1) is 11.5. The molecule has 1 aromatic rings. The molecular formula is C12H14BrNO2. The number of anilines is 1. The van der Waals surface area contributed by atoms with E-state index in [-0.39, 0.29) is 11.9 Å². The normalized spacial score (nSPS) is 15.8. The van der Waals surface area contributed by atoms with Crippen molar-refractivity contribution in [2.75, 3.05) is 25.1 Å². The zero-order chi connectivity index (χ0) is 11.7. The Balaban J connectivity index is 2.07. The molecule has 1 aliphatic rings. The maximum Gasteiger partial charge on any atom is 0.312 e. The molecule has 0 N–H and O–H groups in total. The van der Waals surface area contributed by atoms with Crippen molar-refractivity contribution in [2.24, 2.45) is 5.92 Å². The summed E-state index contributed by atoms with van der Waals surface area (Å²) in [6.45, 7) is 3.58. The van der Waals surface area contributed by atoms with E-state index in [0.29, 0.717) is 0 Å². The summed E-state index contributed by atoms with van der Waals surface area (Å²) in [5.74, 6) is -0.0766. The highest BCUT2D eigenvalue weighted by Gasteiger charge is 2.34. The number of hydrogen-bond acceptors (Lipinski definition) is 3. The summed E-state index contributed by atoms with van der Waals surface area (Å²) in [6.07, 6.45) is 0. The molecule has 4 heteroatoms.